The molecule has 1 heterocycles. The molecule has 2 unspecified atom stereocenters. The Morgan fingerprint density at radius 2 is 1.22 bits per heavy atom. The quantitative estimate of drug-likeness (QED) is 0.309. The van der Waals surface area contributed by atoms with Crippen LogP contribution in [0.2, 0.25) is 0 Å². The number of piperazine rings is 1. The largest absolute Gasteiger partial charge is 0.473 e. The Kier molecular flexibility index (Phi) is 12.5. The Morgan fingerprint density at radius 3 is 1.68 bits per heavy atom. The second-order valence-corrected chi connectivity index (χ2v) is 11.3. The Labute approximate surface area is 240 Å². The first-order valence-corrected chi connectivity index (χ1v) is 14.5. The van der Waals surface area contributed by atoms with E-state index in [0.717, 1.165) is 42.9 Å². The molecule has 3 aromatic carbocycles. The summed E-state index contributed by atoms with van der Waals surface area (Å²) in [6.07, 6.45) is 0.248. The third-order valence-electron chi connectivity index (χ3n) is 6.65. The molecule has 0 amide bonds. The predicted octanol–water partition coefficient (Wildman–Crippen LogP) is 3.18. The van der Waals surface area contributed by atoms with Crippen LogP contribution in [0, 0.1) is 11.6 Å². The maximum absolute atomic E-state index is 13.5. The number of carbonyl (C=O) groups is 2. The van der Waals surface area contributed by atoms with Gasteiger partial charge in [-0.2, -0.15) is 0 Å². The number of rotatable bonds is 10. The van der Waals surface area contributed by atoms with Gasteiger partial charge in [0.05, 0.1) is 11.4 Å². The fraction of sp³-hybridized carbons (Fsp3) is 0.333. The zero-order valence-corrected chi connectivity index (χ0v) is 23.3. The van der Waals surface area contributed by atoms with Crippen LogP contribution in [0.5, 0.6) is 0 Å². The van der Waals surface area contributed by atoms with Crippen molar-refractivity contribution in [2.45, 2.75) is 17.8 Å². The minimum atomic E-state index is -1.82. The molecule has 11 heteroatoms. The molecule has 220 valence electrons. The van der Waals surface area contributed by atoms with E-state index in [0.29, 0.717) is 25.3 Å². The van der Waals surface area contributed by atoms with E-state index in [1.807, 2.05) is 30.3 Å². The van der Waals surface area contributed by atoms with Crippen LogP contribution >= 0.6 is 0 Å². The smallest absolute Gasteiger partial charge is 0.414 e. The maximum Gasteiger partial charge on any atom is 0.414 e. The lowest BCUT2D eigenvalue weighted by atomic mass is 10.0. The summed E-state index contributed by atoms with van der Waals surface area (Å²) in [5.41, 5.74) is 2.65. The van der Waals surface area contributed by atoms with Crippen LogP contribution in [0.25, 0.3) is 0 Å². The van der Waals surface area contributed by atoms with Crippen molar-refractivity contribution in [2.24, 2.45) is 0 Å². The van der Waals surface area contributed by atoms with Gasteiger partial charge < -0.3 is 15.3 Å². The van der Waals surface area contributed by atoms with E-state index in [1.54, 1.807) is 24.3 Å². The van der Waals surface area contributed by atoms with E-state index < -0.39 is 34.1 Å². The topological polar surface area (TPSA) is 118 Å². The predicted molar refractivity (Wildman–Crippen MR) is 152 cm³/mol. The molecule has 3 N–H and O–H groups in total. The first-order chi connectivity index (χ1) is 19.6. The van der Waals surface area contributed by atoms with Gasteiger partial charge in [-0.1, -0.05) is 54.6 Å². The molecule has 0 saturated carbocycles. The lowest BCUT2D eigenvalue weighted by molar-refractivity contribution is -0.159. The third-order valence-corrected chi connectivity index (χ3v) is 8.30. The molecule has 0 aromatic heterocycles. The molecule has 2 atom stereocenters. The van der Waals surface area contributed by atoms with Gasteiger partial charge in [-0.3, -0.25) is 14.0 Å². The van der Waals surface area contributed by atoms with Crippen LogP contribution in [-0.4, -0.2) is 92.4 Å². The number of carboxylic acid groups (broad SMARTS) is 2. The van der Waals surface area contributed by atoms with Gasteiger partial charge in [0, 0.05) is 55.8 Å². The van der Waals surface area contributed by atoms with Crippen LogP contribution < -0.4 is 0 Å². The van der Waals surface area contributed by atoms with Gasteiger partial charge in [0.1, 0.15) is 11.6 Å². The van der Waals surface area contributed by atoms with Crippen molar-refractivity contribution in [2.75, 3.05) is 45.0 Å². The summed E-state index contributed by atoms with van der Waals surface area (Å²) in [5.74, 6) is -3.87. The number of halogens is 2. The molecule has 4 rings (SSSR count). The van der Waals surface area contributed by atoms with Gasteiger partial charge in [-0.05, 0) is 47.4 Å². The molecule has 0 aliphatic carbocycles. The van der Waals surface area contributed by atoms with Crippen LogP contribution in [0.15, 0.2) is 78.9 Å². The summed E-state index contributed by atoms with van der Waals surface area (Å²) in [7, 11) is -1.26. The SMILES string of the molecule is O=C(O)C(=O)O.O=S(CCN1CCN(CC(O)Cc2ccccc2)CC1)C(c1ccc(F)cc1)c1ccc(F)cc1. The van der Waals surface area contributed by atoms with E-state index in [2.05, 4.69) is 9.80 Å². The van der Waals surface area contributed by atoms with Gasteiger partial charge >= 0.3 is 11.9 Å². The zero-order valence-electron chi connectivity index (χ0n) is 22.4. The van der Waals surface area contributed by atoms with Crippen LogP contribution in [0.4, 0.5) is 8.78 Å². The highest BCUT2D eigenvalue weighted by Gasteiger charge is 2.24. The minimum Gasteiger partial charge on any atom is -0.473 e. The molecular formula is C30H34F2N2O6S. The van der Waals surface area contributed by atoms with E-state index in [9.17, 15) is 18.1 Å². The van der Waals surface area contributed by atoms with Crippen LogP contribution in [0.3, 0.4) is 0 Å². The molecule has 1 aliphatic rings. The highest BCUT2D eigenvalue weighted by atomic mass is 32.2. The molecule has 1 saturated heterocycles. The Balaban J connectivity index is 0.000000696. The molecule has 1 aliphatic heterocycles. The van der Waals surface area contributed by atoms with Gasteiger partial charge in [-0.25, -0.2) is 18.4 Å². The van der Waals surface area contributed by atoms with Crippen molar-refractivity contribution in [1.29, 1.82) is 0 Å². The minimum absolute atomic E-state index is 0.343. The first kappa shape index (κ1) is 32.0. The highest BCUT2D eigenvalue weighted by molar-refractivity contribution is 7.85. The number of hydrogen-bond acceptors (Lipinski definition) is 6. The number of aliphatic hydroxyl groups excluding tert-OH is 1. The number of hydrogen-bond donors (Lipinski definition) is 3. The maximum atomic E-state index is 13.5. The number of nitrogens with zero attached hydrogens (tertiary/aromatic N) is 2. The van der Waals surface area contributed by atoms with Crippen molar-refractivity contribution in [3.8, 4) is 0 Å². The first-order valence-electron chi connectivity index (χ1n) is 13.1. The molecule has 41 heavy (non-hydrogen) atoms. The average molecular weight is 589 g/mol. The molecule has 0 spiro atoms. The van der Waals surface area contributed by atoms with Gasteiger partial charge in [0.25, 0.3) is 0 Å². The number of carboxylic acids is 2. The monoisotopic (exact) mass is 588 g/mol. The van der Waals surface area contributed by atoms with Crippen molar-refractivity contribution in [1.82, 2.24) is 9.80 Å². The van der Waals surface area contributed by atoms with E-state index in [1.165, 1.54) is 24.3 Å². The highest BCUT2D eigenvalue weighted by Crippen LogP contribution is 2.29. The lowest BCUT2D eigenvalue weighted by Gasteiger charge is -2.35. The molecule has 0 bridgehead atoms. The second-order valence-electron chi connectivity index (χ2n) is 9.66. The third kappa shape index (κ3) is 10.8. The van der Waals surface area contributed by atoms with Crippen LogP contribution in [0.1, 0.15) is 21.9 Å². The summed E-state index contributed by atoms with van der Waals surface area (Å²) >= 11 is 0. The molecule has 3 aromatic rings. The summed E-state index contributed by atoms with van der Waals surface area (Å²) < 4.78 is 40.3. The Bertz CT molecular complexity index is 1210. The Hall–Kier alpha value is -3.51. The molecular weight excluding hydrogens is 554 g/mol. The number of aliphatic carboxylic acids is 2. The fourth-order valence-electron chi connectivity index (χ4n) is 4.55. The van der Waals surface area contributed by atoms with Crippen molar-refractivity contribution < 1.29 is 37.9 Å². The normalized spacial score (nSPS) is 15.5. The van der Waals surface area contributed by atoms with E-state index >= 15 is 0 Å². The number of benzene rings is 3. The van der Waals surface area contributed by atoms with Gasteiger partial charge in [0.2, 0.25) is 0 Å². The Morgan fingerprint density at radius 1 is 0.756 bits per heavy atom. The molecule has 0 radical (unpaired) electrons. The number of β-amino-alcohol motifs (C(OH)–C–C–N with tert-alkyl or cyclic N) is 1. The van der Waals surface area contributed by atoms with Gasteiger partial charge in [-0.15, -0.1) is 0 Å². The van der Waals surface area contributed by atoms with Crippen LogP contribution in [-0.2, 0) is 26.8 Å². The van der Waals surface area contributed by atoms with E-state index in [-0.39, 0.29) is 11.6 Å². The van der Waals surface area contributed by atoms with Crippen molar-refractivity contribution in [3.63, 3.8) is 0 Å². The number of aliphatic hydroxyl groups is 1. The molecule has 8 nitrogen and oxygen atoms in total. The average Bonchev–Trinajstić information content (AvgIpc) is 2.95. The summed E-state index contributed by atoms with van der Waals surface area (Å²) in [6, 6.07) is 22.1. The zero-order chi connectivity index (χ0) is 29.8. The second kappa shape index (κ2) is 16.1. The lowest BCUT2D eigenvalue weighted by Crippen LogP contribution is -2.49. The molecule has 1 fully saturated rings. The van der Waals surface area contributed by atoms with Gasteiger partial charge in [0.15, 0.2) is 0 Å². The van der Waals surface area contributed by atoms with E-state index in [4.69, 9.17) is 19.8 Å². The standard InChI is InChI=1S/C28H32F2N2O2S.C2H2O4/c29-25-10-6-23(7-11-25)28(24-8-12-26(30)13-9-24)35(34)19-18-31-14-16-32(17-15-31)21-27(33)20-22-4-2-1-3-5-22;3-1(4)2(5)6/h1-13,27-28,33H,14-21H2;(H,3,4)(H,5,6). The summed E-state index contributed by atoms with van der Waals surface area (Å²) in [6.45, 7) is 4.76. The van der Waals surface area contributed by atoms with Crippen molar-refractivity contribution >= 4 is 22.7 Å². The van der Waals surface area contributed by atoms with Crippen molar-refractivity contribution in [3.05, 3.63) is 107 Å². The fourth-order valence-corrected chi connectivity index (χ4v) is 6.15. The summed E-state index contributed by atoms with van der Waals surface area (Å²) in [4.78, 5) is 22.8. The summed E-state index contributed by atoms with van der Waals surface area (Å²) in [5, 5.41) is 24.8.